The van der Waals surface area contributed by atoms with Crippen LogP contribution in [0.5, 0.6) is 0 Å². The third-order valence-corrected chi connectivity index (χ3v) is 4.25. The highest BCUT2D eigenvalue weighted by Gasteiger charge is 2.02. The first-order valence-electron chi connectivity index (χ1n) is 6.78. The minimum atomic E-state index is 0.515. The lowest BCUT2D eigenvalue weighted by Crippen LogP contribution is -2.31. The Morgan fingerprint density at radius 3 is 2.68 bits per heavy atom. The number of hydrazone groups is 1. The van der Waals surface area contributed by atoms with Crippen molar-refractivity contribution in [3.63, 3.8) is 0 Å². The molecule has 0 aliphatic rings. The minimum Gasteiger partial charge on any atom is -0.362 e. The van der Waals surface area contributed by atoms with Crippen LogP contribution in [0.1, 0.15) is 12.5 Å². The Labute approximate surface area is 145 Å². The monoisotopic (exact) mass is 349 g/mol. The summed E-state index contributed by atoms with van der Waals surface area (Å²) in [5.41, 5.74) is 3.82. The molecule has 114 valence electrons. The zero-order valence-corrected chi connectivity index (χ0v) is 14.4. The second-order valence-corrected chi connectivity index (χ2v) is 6.28. The maximum Gasteiger partial charge on any atom is 0.186 e. The van der Waals surface area contributed by atoms with Gasteiger partial charge in [0.15, 0.2) is 5.11 Å². The summed E-state index contributed by atoms with van der Waals surface area (Å²) >= 11 is 12.6. The van der Waals surface area contributed by atoms with Gasteiger partial charge in [0, 0.05) is 26.9 Å². The Kier molecular flexibility index (Phi) is 6.71. The van der Waals surface area contributed by atoms with Crippen LogP contribution in [0.4, 0.5) is 0 Å². The molecule has 0 radical (unpaired) electrons. The molecule has 0 spiro atoms. The lowest BCUT2D eigenvalue weighted by atomic mass is 10.2. The molecular weight excluding hydrogens is 334 g/mol. The number of benzene rings is 2. The van der Waals surface area contributed by atoms with Crippen LogP contribution in [0.2, 0.25) is 5.02 Å². The smallest absolute Gasteiger partial charge is 0.186 e. The van der Waals surface area contributed by atoms with Crippen molar-refractivity contribution < 1.29 is 0 Å². The third kappa shape index (κ3) is 5.33. The highest BCUT2D eigenvalue weighted by atomic mass is 35.5. The van der Waals surface area contributed by atoms with Crippen molar-refractivity contribution in [1.29, 1.82) is 0 Å². The fourth-order valence-corrected chi connectivity index (χ4v) is 2.90. The van der Waals surface area contributed by atoms with Gasteiger partial charge in [-0.15, -0.1) is 0 Å². The lowest BCUT2D eigenvalue weighted by Gasteiger charge is -2.06. The molecule has 2 aromatic carbocycles. The van der Waals surface area contributed by atoms with E-state index >= 15 is 0 Å². The summed E-state index contributed by atoms with van der Waals surface area (Å²) in [6.07, 6.45) is 1.77. The number of hydrogen-bond acceptors (Lipinski definition) is 3. The summed E-state index contributed by atoms with van der Waals surface area (Å²) in [7, 11) is 0. The van der Waals surface area contributed by atoms with Gasteiger partial charge in [-0.3, -0.25) is 5.43 Å². The summed E-state index contributed by atoms with van der Waals surface area (Å²) in [4.78, 5) is 2.24. The molecule has 6 heteroatoms. The van der Waals surface area contributed by atoms with Crippen LogP contribution in [0.15, 0.2) is 63.4 Å². The van der Waals surface area contributed by atoms with Gasteiger partial charge in [0.05, 0.1) is 6.21 Å². The van der Waals surface area contributed by atoms with E-state index < -0.39 is 0 Å². The van der Waals surface area contributed by atoms with E-state index in [2.05, 4.69) is 21.9 Å². The quantitative estimate of drug-likeness (QED) is 0.479. The maximum absolute atomic E-state index is 5.91. The van der Waals surface area contributed by atoms with E-state index in [1.165, 1.54) is 0 Å². The van der Waals surface area contributed by atoms with Crippen molar-refractivity contribution in [2.24, 2.45) is 5.10 Å². The number of nitrogens with one attached hydrogen (secondary N) is 2. The summed E-state index contributed by atoms with van der Waals surface area (Å²) in [5.74, 6) is 0. The Morgan fingerprint density at radius 1 is 1.23 bits per heavy atom. The first-order valence-corrected chi connectivity index (χ1v) is 8.38. The summed E-state index contributed by atoms with van der Waals surface area (Å²) in [6, 6.07) is 15.8. The van der Waals surface area contributed by atoms with Crippen LogP contribution in [0, 0.1) is 0 Å². The van der Waals surface area contributed by atoms with Crippen molar-refractivity contribution >= 4 is 46.9 Å². The average Bonchev–Trinajstić information content (AvgIpc) is 2.51. The van der Waals surface area contributed by atoms with Gasteiger partial charge in [0.1, 0.15) is 0 Å². The van der Waals surface area contributed by atoms with Gasteiger partial charge in [-0.05, 0) is 49.5 Å². The molecule has 2 N–H and O–H groups in total. The minimum absolute atomic E-state index is 0.515. The van der Waals surface area contributed by atoms with Crippen molar-refractivity contribution in [2.45, 2.75) is 16.7 Å². The molecule has 0 saturated carbocycles. The molecule has 3 nitrogen and oxygen atoms in total. The predicted octanol–water partition coefficient (Wildman–Crippen LogP) is 4.31. The van der Waals surface area contributed by atoms with Gasteiger partial charge in [-0.2, -0.15) is 5.10 Å². The molecule has 22 heavy (non-hydrogen) atoms. The van der Waals surface area contributed by atoms with Crippen molar-refractivity contribution in [3.05, 3.63) is 59.1 Å². The van der Waals surface area contributed by atoms with Gasteiger partial charge < -0.3 is 5.32 Å². The molecule has 0 saturated heterocycles. The molecule has 0 heterocycles. The number of thiocarbonyl (C=S) groups is 1. The lowest BCUT2D eigenvalue weighted by molar-refractivity contribution is 0.904. The number of hydrogen-bond donors (Lipinski definition) is 2. The first-order chi connectivity index (χ1) is 10.7. The Balaban J connectivity index is 2.08. The molecule has 0 amide bonds. The van der Waals surface area contributed by atoms with Gasteiger partial charge in [-0.25, -0.2) is 0 Å². The van der Waals surface area contributed by atoms with Crippen LogP contribution in [-0.4, -0.2) is 17.9 Å². The van der Waals surface area contributed by atoms with Crippen molar-refractivity contribution in [2.75, 3.05) is 6.54 Å². The molecule has 0 fully saturated rings. The highest BCUT2D eigenvalue weighted by Crippen LogP contribution is 2.30. The van der Waals surface area contributed by atoms with Crippen LogP contribution in [-0.2, 0) is 0 Å². The molecule has 0 aromatic heterocycles. The largest absolute Gasteiger partial charge is 0.362 e. The zero-order valence-electron chi connectivity index (χ0n) is 12.0. The van der Waals surface area contributed by atoms with E-state index in [9.17, 15) is 0 Å². The molecular formula is C16H16ClN3S2. The number of rotatable bonds is 5. The van der Waals surface area contributed by atoms with Crippen LogP contribution in [0.25, 0.3) is 0 Å². The Bertz CT molecular complexity index is 657. The van der Waals surface area contributed by atoms with Crippen LogP contribution in [0.3, 0.4) is 0 Å². The topological polar surface area (TPSA) is 36.4 Å². The fraction of sp³-hybridized carbons (Fsp3) is 0.125. The van der Waals surface area contributed by atoms with Crippen LogP contribution < -0.4 is 10.7 Å². The molecule has 0 unspecified atom stereocenters. The highest BCUT2D eigenvalue weighted by molar-refractivity contribution is 7.99. The fourth-order valence-electron chi connectivity index (χ4n) is 1.67. The van der Waals surface area contributed by atoms with Crippen molar-refractivity contribution in [1.82, 2.24) is 10.7 Å². The second kappa shape index (κ2) is 8.78. The van der Waals surface area contributed by atoms with E-state index in [0.29, 0.717) is 5.11 Å². The van der Waals surface area contributed by atoms with Crippen molar-refractivity contribution in [3.8, 4) is 0 Å². The van der Waals surface area contributed by atoms with E-state index in [4.69, 9.17) is 23.8 Å². The van der Waals surface area contributed by atoms with E-state index in [0.717, 1.165) is 26.9 Å². The second-order valence-electron chi connectivity index (χ2n) is 4.32. The molecule has 2 rings (SSSR count). The normalized spacial score (nSPS) is 10.6. The Hall–Kier alpha value is -1.56. The van der Waals surface area contributed by atoms with E-state index in [1.54, 1.807) is 18.0 Å². The first kappa shape index (κ1) is 16.8. The molecule has 0 bridgehead atoms. The zero-order chi connectivity index (χ0) is 15.8. The van der Waals surface area contributed by atoms with Gasteiger partial charge in [-0.1, -0.05) is 41.6 Å². The molecule has 0 aliphatic heterocycles. The summed E-state index contributed by atoms with van der Waals surface area (Å²) < 4.78 is 0. The predicted molar refractivity (Wildman–Crippen MR) is 99.0 cm³/mol. The maximum atomic E-state index is 5.91. The third-order valence-electron chi connectivity index (χ3n) is 2.67. The summed E-state index contributed by atoms with van der Waals surface area (Å²) in [6.45, 7) is 2.75. The standard InChI is InChI=1S/C16H16ClN3S2/c1-2-18-16(21)20-19-11-12-5-3-4-6-15(12)22-14-9-7-13(17)8-10-14/h3-11H,2H2,1H3,(H2,18,20,21)/b19-11+. The van der Waals surface area contributed by atoms with Crippen LogP contribution >= 0.6 is 35.6 Å². The molecule has 0 aliphatic carbocycles. The summed E-state index contributed by atoms with van der Waals surface area (Å²) in [5, 5.41) is 8.40. The number of nitrogens with zero attached hydrogens (tertiary/aromatic N) is 1. The van der Waals surface area contributed by atoms with Gasteiger partial charge >= 0.3 is 0 Å². The van der Waals surface area contributed by atoms with E-state index in [1.807, 2.05) is 49.4 Å². The van der Waals surface area contributed by atoms with Gasteiger partial charge in [0.25, 0.3) is 0 Å². The molecule has 0 atom stereocenters. The SMILES string of the molecule is CCNC(=S)N/N=C/c1ccccc1Sc1ccc(Cl)cc1. The number of halogens is 1. The Morgan fingerprint density at radius 2 is 1.95 bits per heavy atom. The molecule has 2 aromatic rings. The van der Waals surface area contributed by atoms with E-state index in [-0.39, 0.29) is 0 Å². The average molecular weight is 350 g/mol. The van der Waals surface area contributed by atoms with Gasteiger partial charge in [0.2, 0.25) is 0 Å².